The highest BCUT2D eigenvalue weighted by molar-refractivity contribution is 5.93. The number of carboxylic acid groups (broad SMARTS) is 1. The van der Waals surface area contributed by atoms with Gasteiger partial charge in [-0.3, -0.25) is 4.79 Å². The van der Waals surface area contributed by atoms with Gasteiger partial charge in [-0.2, -0.15) is 0 Å². The number of furan rings is 1. The second-order valence-corrected chi connectivity index (χ2v) is 3.98. The van der Waals surface area contributed by atoms with Crippen LogP contribution in [0.25, 0.3) is 0 Å². The lowest BCUT2D eigenvalue weighted by Crippen LogP contribution is -2.31. The molecule has 0 radical (unpaired) electrons. The monoisotopic (exact) mass is 223 g/mol. The summed E-state index contributed by atoms with van der Waals surface area (Å²) < 4.78 is 4.88. The van der Waals surface area contributed by atoms with Crippen molar-refractivity contribution in [1.82, 2.24) is 5.32 Å². The van der Waals surface area contributed by atoms with E-state index in [1.54, 1.807) is 0 Å². The molecule has 1 heterocycles. The summed E-state index contributed by atoms with van der Waals surface area (Å²) >= 11 is 0. The van der Waals surface area contributed by atoms with Crippen molar-refractivity contribution < 1.29 is 19.1 Å². The summed E-state index contributed by atoms with van der Waals surface area (Å²) in [5, 5.41) is 11.3. The van der Waals surface area contributed by atoms with Crippen LogP contribution in [0.5, 0.6) is 0 Å². The SMILES string of the molecule is O=C(O)c1ccc(C(=O)NCC2CCC2)o1. The Kier molecular flexibility index (Phi) is 2.94. The Morgan fingerprint density at radius 3 is 2.56 bits per heavy atom. The molecule has 1 aromatic rings. The number of nitrogens with one attached hydrogen (secondary N) is 1. The summed E-state index contributed by atoms with van der Waals surface area (Å²) in [5.74, 6) is -1.11. The topological polar surface area (TPSA) is 79.5 Å². The highest BCUT2D eigenvalue weighted by Gasteiger charge is 2.20. The lowest BCUT2D eigenvalue weighted by molar-refractivity contribution is 0.0659. The molecule has 0 unspecified atom stereocenters. The first-order valence-electron chi connectivity index (χ1n) is 5.28. The molecule has 0 bridgehead atoms. The van der Waals surface area contributed by atoms with Gasteiger partial charge in [0.1, 0.15) is 0 Å². The van der Waals surface area contributed by atoms with Crippen LogP contribution < -0.4 is 5.32 Å². The van der Waals surface area contributed by atoms with Gasteiger partial charge >= 0.3 is 5.97 Å². The molecule has 86 valence electrons. The summed E-state index contributed by atoms with van der Waals surface area (Å²) in [7, 11) is 0. The molecule has 1 fully saturated rings. The van der Waals surface area contributed by atoms with Crippen LogP contribution in [-0.2, 0) is 0 Å². The normalized spacial score (nSPS) is 15.5. The third-order valence-corrected chi connectivity index (χ3v) is 2.82. The molecule has 5 heteroatoms. The van der Waals surface area contributed by atoms with Crippen LogP contribution in [0.4, 0.5) is 0 Å². The third-order valence-electron chi connectivity index (χ3n) is 2.82. The molecule has 1 aromatic heterocycles. The summed E-state index contributed by atoms with van der Waals surface area (Å²) in [6, 6.07) is 2.65. The number of carbonyl (C=O) groups is 2. The fraction of sp³-hybridized carbons (Fsp3) is 0.455. The van der Waals surface area contributed by atoms with Gasteiger partial charge in [0.2, 0.25) is 5.76 Å². The van der Waals surface area contributed by atoms with Crippen LogP contribution in [0.15, 0.2) is 16.5 Å². The molecule has 5 nitrogen and oxygen atoms in total. The van der Waals surface area contributed by atoms with E-state index in [1.165, 1.54) is 18.6 Å². The van der Waals surface area contributed by atoms with E-state index < -0.39 is 5.97 Å². The zero-order valence-electron chi connectivity index (χ0n) is 8.73. The molecular formula is C11H13NO4. The van der Waals surface area contributed by atoms with E-state index in [0.29, 0.717) is 12.5 Å². The van der Waals surface area contributed by atoms with Crippen molar-refractivity contribution in [2.24, 2.45) is 5.92 Å². The van der Waals surface area contributed by atoms with Gasteiger partial charge < -0.3 is 14.8 Å². The van der Waals surface area contributed by atoms with Gasteiger partial charge in [0, 0.05) is 6.54 Å². The van der Waals surface area contributed by atoms with Gasteiger partial charge in [0.25, 0.3) is 5.91 Å². The fourth-order valence-corrected chi connectivity index (χ4v) is 1.60. The van der Waals surface area contributed by atoms with Gasteiger partial charge in [0.15, 0.2) is 5.76 Å². The van der Waals surface area contributed by atoms with E-state index in [1.807, 2.05) is 0 Å². The molecule has 0 aromatic carbocycles. The average Bonchev–Trinajstić information content (AvgIpc) is 2.63. The van der Waals surface area contributed by atoms with Gasteiger partial charge in [-0.25, -0.2) is 4.79 Å². The molecule has 1 aliphatic rings. The molecule has 1 amide bonds. The van der Waals surface area contributed by atoms with Crippen molar-refractivity contribution in [2.45, 2.75) is 19.3 Å². The zero-order valence-corrected chi connectivity index (χ0v) is 8.73. The lowest BCUT2D eigenvalue weighted by atomic mass is 9.85. The second-order valence-electron chi connectivity index (χ2n) is 3.98. The van der Waals surface area contributed by atoms with E-state index in [9.17, 15) is 9.59 Å². The number of carboxylic acids is 1. The van der Waals surface area contributed by atoms with Crippen molar-refractivity contribution in [3.63, 3.8) is 0 Å². The molecule has 0 saturated heterocycles. The fourth-order valence-electron chi connectivity index (χ4n) is 1.60. The Hall–Kier alpha value is -1.78. The first-order chi connectivity index (χ1) is 7.66. The molecule has 2 N–H and O–H groups in total. The van der Waals surface area contributed by atoms with Crippen LogP contribution in [0.3, 0.4) is 0 Å². The Labute approximate surface area is 92.4 Å². The van der Waals surface area contributed by atoms with Crippen molar-refractivity contribution in [3.05, 3.63) is 23.7 Å². The second kappa shape index (κ2) is 4.38. The van der Waals surface area contributed by atoms with Crippen LogP contribution in [0, 0.1) is 5.92 Å². The highest BCUT2D eigenvalue weighted by Crippen LogP contribution is 2.25. The van der Waals surface area contributed by atoms with Crippen molar-refractivity contribution in [2.75, 3.05) is 6.54 Å². The molecule has 0 spiro atoms. The number of rotatable bonds is 4. The minimum atomic E-state index is -1.17. The molecule has 1 aliphatic carbocycles. The van der Waals surface area contributed by atoms with Gasteiger partial charge in [-0.05, 0) is 30.9 Å². The van der Waals surface area contributed by atoms with E-state index in [4.69, 9.17) is 9.52 Å². The number of carbonyl (C=O) groups excluding carboxylic acids is 1. The number of aromatic carboxylic acids is 1. The number of hydrogen-bond acceptors (Lipinski definition) is 3. The highest BCUT2D eigenvalue weighted by atomic mass is 16.4. The maximum Gasteiger partial charge on any atom is 0.371 e. The molecule has 0 atom stereocenters. The largest absolute Gasteiger partial charge is 0.475 e. The van der Waals surface area contributed by atoms with Crippen LogP contribution >= 0.6 is 0 Å². The molecule has 1 saturated carbocycles. The van der Waals surface area contributed by atoms with Crippen molar-refractivity contribution >= 4 is 11.9 Å². The minimum absolute atomic E-state index is 0.0525. The molecule has 0 aliphatic heterocycles. The zero-order chi connectivity index (χ0) is 11.5. The van der Waals surface area contributed by atoms with Crippen LogP contribution in [0.1, 0.15) is 40.4 Å². The van der Waals surface area contributed by atoms with Crippen molar-refractivity contribution in [3.8, 4) is 0 Å². The predicted molar refractivity (Wildman–Crippen MR) is 55.3 cm³/mol. The number of hydrogen-bond donors (Lipinski definition) is 2. The molecular weight excluding hydrogens is 210 g/mol. The maximum atomic E-state index is 11.5. The van der Waals surface area contributed by atoms with E-state index >= 15 is 0 Å². The Bertz CT molecular complexity index is 406. The van der Waals surface area contributed by atoms with Gasteiger partial charge in [0.05, 0.1) is 0 Å². The smallest absolute Gasteiger partial charge is 0.371 e. The van der Waals surface area contributed by atoms with E-state index in [2.05, 4.69) is 5.32 Å². The Morgan fingerprint density at radius 2 is 2.06 bits per heavy atom. The standard InChI is InChI=1S/C11H13NO4/c13-10(12-6-7-2-1-3-7)8-4-5-9(16-8)11(14)15/h4-5,7H,1-3,6H2,(H,12,13)(H,14,15). The lowest BCUT2D eigenvalue weighted by Gasteiger charge is -2.25. The molecule has 16 heavy (non-hydrogen) atoms. The van der Waals surface area contributed by atoms with E-state index in [0.717, 1.165) is 12.8 Å². The Morgan fingerprint density at radius 1 is 1.38 bits per heavy atom. The first-order valence-corrected chi connectivity index (χ1v) is 5.28. The van der Waals surface area contributed by atoms with Gasteiger partial charge in [-0.1, -0.05) is 6.42 Å². The summed E-state index contributed by atoms with van der Waals surface area (Å²) in [6.07, 6.45) is 3.53. The van der Waals surface area contributed by atoms with E-state index in [-0.39, 0.29) is 17.4 Å². The summed E-state index contributed by atoms with van der Waals surface area (Å²) in [4.78, 5) is 22.1. The van der Waals surface area contributed by atoms with Crippen LogP contribution in [0.2, 0.25) is 0 Å². The summed E-state index contributed by atoms with van der Waals surface area (Å²) in [5.41, 5.74) is 0. The quantitative estimate of drug-likeness (QED) is 0.810. The van der Waals surface area contributed by atoms with Crippen molar-refractivity contribution in [1.29, 1.82) is 0 Å². The Balaban J connectivity index is 1.89. The average molecular weight is 223 g/mol. The third kappa shape index (κ3) is 2.24. The van der Waals surface area contributed by atoms with Gasteiger partial charge in [-0.15, -0.1) is 0 Å². The number of amides is 1. The van der Waals surface area contributed by atoms with Crippen LogP contribution in [-0.4, -0.2) is 23.5 Å². The first kappa shape index (κ1) is 10.7. The predicted octanol–water partition coefficient (Wildman–Crippen LogP) is 1.51. The maximum absolute atomic E-state index is 11.5. The minimum Gasteiger partial charge on any atom is -0.475 e. The molecule has 2 rings (SSSR count). The summed E-state index contributed by atoms with van der Waals surface area (Å²) in [6.45, 7) is 0.641.